The van der Waals surface area contributed by atoms with Crippen LogP contribution in [0.4, 0.5) is 0 Å². The smallest absolute Gasteiger partial charge is 0.0645 e. The van der Waals surface area contributed by atoms with Gasteiger partial charge in [0.25, 0.3) is 0 Å². The Morgan fingerprint density at radius 3 is 1.58 bits per heavy atom. The molecule has 0 amide bonds. The summed E-state index contributed by atoms with van der Waals surface area (Å²) in [5, 5.41) is 9.73. The Morgan fingerprint density at radius 1 is 0.677 bits per heavy atom. The first-order valence-corrected chi connectivity index (χ1v) is 13.5. The summed E-state index contributed by atoms with van der Waals surface area (Å²) in [6, 6.07) is 1.29. The second-order valence-corrected chi connectivity index (χ2v) is 11.8. The van der Waals surface area contributed by atoms with E-state index in [1.165, 1.54) is 83.5 Å². The van der Waals surface area contributed by atoms with Crippen LogP contribution < -0.4 is 0 Å². The Balaban J connectivity index is 1.90. The van der Waals surface area contributed by atoms with Gasteiger partial charge in [0.05, 0.1) is 19.8 Å². The van der Waals surface area contributed by atoms with E-state index in [0.29, 0.717) is 12.1 Å². The van der Waals surface area contributed by atoms with Crippen molar-refractivity contribution in [3.05, 3.63) is 0 Å². The van der Waals surface area contributed by atoms with Crippen molar-refractivity contribution in [1.82, 2.24) is 9.80 Å². The number of hydrogen-bond acceptors (Lipinski definition) is 4. The molecule has 0 atom stereocenters. The van der Waals surface area contributed by atoms with Crippen molar-refractivity contribution in [1.29, 1.82) is 0 Å². The lowest BCUT2D eigenvalue weighted by atomic mass is 9.92. The van der Waals surface area contributed by atoms with Crippen LogP contribution in [0.1, 0.15) is 118 Å². The van der Waals surface area contributed by atoms with Crippen LogP contribution in [0.2, 0.25) is 0 Å². The van der Waals surface area contributed by atoms with Crippen LogP contribution in [0.5, 0.6) is 0 Å². The molecule has 2 aliphatic rings. The second kappa shape index (κ2) is 13.5. The maximum Gasteiger partial charge on any atom is 0.0645 e. The van der Waals surface area contributed by atoms with E-state index in [0.717, 1.165) is 26.3 Å². The highest BCUT2D eigenvalue weighted by molar-refractivity contribution is 4.88. The highest BCUT2D eigenvalue weighted by atomic mass is 16.5. The van der Waals surface area contributed by atoms with Crippen LogP contribution in [-0.2, 0) is 4.74 Å². The zero-order chi connectivity index (χ0) is 22.7. The summed E-state index contributed by atoms with van der Waals surface area (Å²) in [6.07, 6.45) is 17.6. The van der Waals surface area contributed by atoms with Gasteiger partial charge in [-0.05, 0) is 60.3 Å². The molecular weight excluding hydrogens is 384 g/mol. The number of nitrogens with zero attached hydrogens (tertiary/aromatic N) is 2. The minimum absolute atomic E-state index is 0.0372. The summed E-state index contributed by atoms with van der Waals surface area (Å²) in [4.78, 5) is 5.27. The molecule has 2 saturated carbocycles. The van der Waals surface area contributed by atoms with Crippen LogP contribution in [0.15, 0.2) is 0 Å². The van der Waals surface area contributed by atoms with Gasteiger partial charge in [-0.2, -0.15) is 0 Å². The molecule has 0 aliphatic heterocycles. The molecule has 0 aromatic rings. The molecule has 31 heavy (non-hydrogen) atoms. The number of ether oxygens (including phenoxy) is 1. The van der Waals surface area contributed by atoms with Gasteiger partial charge in [-0.1, -0.05) is 57.8 Å². The van der Waals surface area contributed by atoms with Crippen LogP contribution in [0.3, 0.4) is 0 Å². The van der Waals surface area contributed by atoms with Gasteiger partial charge in [0.15, 0.2) is 0 Å². The van der Waals surface area contributed by atoms with Gasteiger partial charge in [-0.15, -0.1) is 0 Å². The molecule has 0 radical (unpaired) electrons. The number of β-amino-alcohol motifs (C(OH)–C–C–N with tert-alkyl or cyclic N) is 1. The molecule has 4 nitrogen and oxygen atoms in total. The van der Waals surface area contributed by atoms with Gasteiger partial charge in [-0.25, -0.2) is 0 Å². The maximum atomic E-state index is 9.73. The molecule has 2 aliphatic carbocycles. The predicted octanol–water partition coefficient (Wildman–Crippen LogP) is 6.01. The van der Waals surface area contributed by atoms with Crippen molar-refractivity contribution in [3.63, 3.8) is 0 Å². The van der Waals surface area contributed by atoms with Gasteiger partial charge < -0.3 is 9.84 Å². The molecule has 0 aromatic heterocycles. The molecule has 1 N–H and O–H groups in total. The zero-order valence-corrected chi connectivity index (χ0v) is 21.6. The third-order valence-corrected chi connectivity index (χ3v) is 7.69. The first-order valence-electron chi connectivity index (χ1n) is 13.5. The highest BCUT2D eigenvalue weighted by Crippen LogP contribution is 2.29. The lowest BCUT2D eigenvalue weighted by Crippen LogP contribution is -2.54. The summed E-state index contributed by atoms with van der Waals surface area (Å²) in [7, 11) is 0. The summed E-state index contributed by atoms with van der Waals surface area (Å²) >= 11 is 0. The monoisotopic (exact) mass is 438 g/mol. The minimum atomic E-state index is -0.0372. The molecule has 0 heterocycles. The van der Waals surface area contributed by atoms with Crippen LogP contribution in [0, 0.1) is 0 Å². The van der Waals surface area contributed by atoms with Crippen molar-refractivity contribution < 1.29 is 9.84 Å². The van der Waals surface area contributed by atoms with Crippen LogP contribution >= 0.6 is 0 Å². The Hall–Kier alpha value is -0.160. The first kappa shape index (κ1) is 27.1. The largest absolute Gasteiger partial charge is 0.395 e. The van der Waals surface area contributed by atoms with E-state index in [4.69, 9.17) is 4.74 Å². The molecule has 184 valence electrons. The predicted molar refractivity (Wildman–Crippen MR) is 133 cm³/mol. The molecule has 0 aromatic carbocycles. The fourth-order valence-electron chi connectivity index (χ4n) is 6.04. The zero-order valence-electron chi connectivity index (χ0n) is 21.6. The highest BCUT2D eigenvalue weighted by Gasteiger charge is 2.33. The maximum absolute atomic E-state index is 9.73. The van der Waals surface area contributed by atoms with Gasteiger partial charge >= 0.3 is 0 Å². The summed E-state index contributed by atoms with van der Waals surface area (Å²) in [5.41, 5.74) is 0.149. The van der Waals surface area contributed by atoms with Crippen molar-refractivity contribution in [2.75, 3.05) is 32.9 Å². The van der Waals surface area contributed by atoms with E-state index >= 15 is 0 Å². The fraction of sp³-hybridized carbons (Fsp3) is 1.00. The number of hydrogen-bond donors (Lipinski definition) is 1. The second-order valence-electron chi connectivity index (χ2n) is 11.8. The van der Waals surface area contributed by atoms with Gasteiger partial charge in [-0.3, -0.25) is 9.80 Å². The quantitative estimate of drug-likeness (QED) is 0.334. The van der Waals surface area contributed by atoms with Crippen molar-refractivity contribution in [2.45, 2.75) is 141 Å². The van der Waals surface area contributed by atoms with E-state index < -0.39 is 0 Å². The minimum Gasteiger partial charge on any atom is -0.395 e. The van der Waals surface area contributed by atoms with Crippen LogP contribution in [0.25, 0.3) is 0 Å². The van der Waals surface area contributed by atoms with Crippen molar-refractivity contribution in [2.24, 2.45) is 0 Å². The van der Waals surface area contributed by atoms with E-state index in [1.54, 1.807) is 0 Å². The lowest BCUT2D eigenvalue weighted by molar-refractivity contribution is -0.0363. The van der Waals surface area contributed by atoms with E-state index in [9.17, 15) is 5.11 Å². The molecule has 4 heteroatoms. The molecule has 0 unspecified atom stereocenters. The fourth-order valence-corrected chi connectivity index (χ4v) is 6.04. The summed E-state index contributed by atoms with van der Waals surface area (Å²) < 4.78 is 6.36. The normalized spacial score (nSPS) is 21.3. The molecule has 0 bridgehead atoms. The van der Waals surface area contributed by atoms with E-state index in [1.807, 2.05) is 0 Å². The third-order valence-electron chi connectivity index (χ3n) is 7.69. The number of aliphatic hydroxyl groups excluding tert-OH is 1. The Bertz CT molecular complexity index is 458. The lowest BCUT2D eigenvalue weighted by Gasteiger charge is -2.44. The average molecular weight is 439 g/mol. The summed E-state index contributed by atoms with van der Waals surface area (Å²) in [6.45, 7) is 15.3. The van der Waals surface area contributed by atoms with E-state index in [-0.39, 0.29) is 17.7 Å². The molecular formula is C27H54N2O2. The van der Waals surface area contributed by atoms with Crippen molar-refractivity contribution in [3.8, 4) is 0 Å². The average Bonchev–Trinajstić information content (AvgIpc) is 2.95. The van der Waals surface area contributed by atoms with E-state index in [2.05, 4.69) is 44.4 Å². The van der Waals surface area contributed by atoms with Gasteiger partial charge in [0.2, 0.25) is 0 Å². The summed E-state index contributed by atoms with van der Waals surface area (Å²) in [5.74, 6) is 0. The molecule has 0 spiro atoms. The van der Waals surface area contributed by atoms with Gasteiger partial charge in [0.1, 0.15) is 0 Å². The van der Waals surface area contributed by atoms with Gasteiger partial charge in [0, 0.05) is 36.3 Å². The Morgan fingerprint density at radius 2 is 1.13 bits per heavy atom. The molecule has 2 fully saturated rings. The molecule has 2 rings (SSSR count). The Kier molecular flexibility index (Phi) is 11.8. The van der Waals surface area contributed by atoms with Crippen molar-refractivity contribution >= 4 is 0 Å². The van der Waals surface area contributed by atoms with Crippen LogP contribution in [-0.4, -0.2) is 71.0 Å². The molecule has 0 saturated heterocycles. The number of aliphatic hydroxyl groups is 1. The topological polar surface area (TPSA) is 35.9 Å². The Labute approximate surface area is 194 Å². The first-order chi connectivity index (χ1) is 14.8. The number of rotatable bonds is 10. The SMILES string of the molecule is CC(C)(C)N(CCOCC(C)(C)N(CCO)C1CCCCCC1)C1CCCCCCC1. The third kappa shape index (κ3) is 9.31. The standard InChI is InChI=1S/C27H54N2O2/c1-26(2,3)28(24-15-11-7-6-8-12-16-24)20-22-31-23-27(4,5)29(19-21-30)25-17-13-9-10-14-18-25/h24-25,30H,6-23H2,1-5H3.